The summed E-state index contributed by atoms with van der Waals surface area (Å²) in [6.07, 6.45) is 2.73. The van der Waals surface area contributed by atoms with Gasteiger partial charge >= 0.3 is 0 Å². The predicted molar refractivity (Wildman–Crippen MR) is 80.3 cm³/mol. The first-order chi connectivity index (χ1) is 8.99. The van der Waals surface area contributed by atoms with Crippen molar-refractivity contribution >= 4 is 5.91 Å². The minimum atomic E-state index is 0.0572. The average Bonchev–Trinajstić information content (AvgIpc) is 2.43. The Morgan fingerprint density at radius 3 is 2.32 bits per heavy atom. The number of piperazine rings is 1. The van der Waals surface area contributed by atoms with E-state index in [0.717, 1.165) is 52.1 Å². The van der Waals surface area contributed by atoms with E-state index in [4.69, 9.17) is 0 Å². The largest absolute Gasteiger partial charge is 0.354 e. The van der Waals surface area contributed by atoms with Crippen LogP contribution in [0.15, 0.2) is 0 Å². The summed E-state index contributed by atoms with van der Waals surface area (Å²) < 4.78 is 0. The Morgan fingerprint density at radius 2 is 1.79 bits per heavy atom. The third-order valence-corrected chi connectivity index (χ3v) is 4.15. The Hall–Kier alpha value is -0.610. The topological polar surface area (TPSA) is 35.6 Å². The van der Waals surface area contributed by atoms with Gasteiger partial charge < -0.3 is 10.2 Å². The minimum Gasteiger partial charge on any atom is -0.354 e. The highest BCUT2D eigenvalue weighted by molar-refractivity contribution is 5.75. The van der Waals surface area contributed by atoms with Gasteiger partial charge in [0.05, 0.1) is 0 Å². The molecule has 4 nitrogen and oxygen atoms in total. The summed E-state index contributed by atoms with van der Waals surface area (Å²) in [5, 5.41) is 3.09. The fourth-order valence-corrected chi connectivity index (χ4v) is 2.52. The molecular weight excluding hydrogens is 238 g/mol. The Morgan fingerprint density at radius 1 is 1.16 bits per heavy atom. The van der Waals surface area contributed by atoms with Crippen LogP contribution in [0.4, 0.5) is 0 Å². The summed E-state index contributed by atoms with van der Waals surface area (Å²) in [6, 6.07) is 0. The maximum Gasteiger partial charge on any atom is 0.220 e. The second-order valence-electron chi connectivity index (χ2n) is 6.11. The molecule has 1 fully saturated rings. The van der Waals surface area contributed by atoms with E-state index in [-0.39, 0.29) is 11.4 Å². The first kappa shape index (κ1) is 16.4. The number of rotatable bonds is 7. The highest BCUT2D eigenvalue weighted by Crippen LogP contribution is 2.16. The molecule has 1 aliphatic rings. The molecule has 1 rings (SSSR count). The highest BCUT2D eigenvalue weighted by atomic mass is 16.1. The first-order valence-corrected chi connectivity index (χ1v) is 7.73. The number of nitrogens with zero attached hydrogens (tertiary/aromatic N) is 2. The minimum absolute atomic E-state index is 0.0572. The van der Waals surface area contributed by atoms with Crippen LogP contribution in [0.2, 0.25) is 0 Å². The third-order valence-electron chi connectivity index (χ3n) is 4.15. The molecule has 4 heteroatoms. The van der Waals surface area contributed by atoms with Gasteiger partial charge in [0.2, 0.25) is 5.91 Å². The van der Waals surface area contributed by atoms with Crippen molar-refractivity contribution in [2.45, 2.75) is 52.5 Å². The predicted octanol–water partition coefficient (Wildman–Crippen LogP) is 1.71. The van der Waals surface area contributed by atoms with Gasteiger partial charge in [-0.2, -0.15) is 0 Å². The van der Waals surface area contributed by atoms with Crippen LogP contribution >= 0.6 is 0 Å². The van der Waals surface area contributed by atoms with Crippen LogP contribution in [-0.2, 0) is 4.79 Å². The first-order valence-electron chi connectivity index (χ1n) is 7.73. The van der Waals surface area contributed by atoms with Crippen LogP contribution in [0.25, 0.3) is 0 Å². The maximum atomic E-state index is 11.7. The molecule has 0 atom stereocenters. The summed E-state index contributed by atoms with van der Waals surface area (Å²) in [6.45, 7) is 15.2. The maximum absolute atomic E-state index is 11.7. The molecule has 1 amide bonds. The van der Waals surface area contributed by atoms with E-state index >= 15 is 0 Å². The van der Waals surface area contributed by atoms with Crippen molar-refractivity contribution in [3.8, 4) is 0 Å². The molecule has 0 saturated carbocycles. The number of amides is 1. The van der Waals surface area contributed by atoms with Gasteiger partial charge in [0.15, 0.2) is 0 Å². The summed E-state index contributed by atoms with van der Waals surface area (Å²) >= 11 is 0. The van der Waals surface area contributed by atoms with Crippen molar-refractivity contribution in [1.29, 1.82) is 0 Å². The van der Waals surface area contributed by atoms with Crippen molar-refractivity contribution in [1.82, 2.24) is 15.1 Å². The number of hydrogen-bond acceptors (Lipinski definition) is 3. The number of unbranched alkanes of at least 4 members (excludes halogenated alkanes) is 1. The monoisotopic (exact) mass is 269 g/mol. The molecule has 0 aliphatic carbocycles. The Labute approximate surface area is 118 Å². The number of likely N-dealkylation sites (N-methyl/N-ethyl adjacent to an activating group) is 1. The average molecular weight is 269 g/mol. The molecule has 112 valence electrons. The second kappa shape index (κ2) is 7.85. The Kier molecular flexibility index (Phi) is 6.80. The number of carbonyl (C=O) groups excluding carboxylic acids is 1. The molecule has 0 radical (unpaired) electrons. The van der Waals surface area contributed by atoms with Gasteiger partial charge in [-0.1, -0.05) is 20.3 Å². The molecule has 19 heavy (non-hydrogen) atoms. The lowest BCUT2D eigenvalue weighted by atomic mass is 10.0. The standard InChI is InChI=1S/C15H31N3O/c1-5-7-8-14(19)16-13-15(3,4)18-11-9-17(6-2)10-12-18/h5-13H2,1-4H3,(H,16,19). The Balaban J connectivity index is 2.33. The van der Waals surface area contributed by atoms with Gasteiger partial charge in [-0.25, -0.2) is 0 Å². The van der Waals surface area contributed by atoms with Gasteiger partial charge in [0, 0.05) is 44.7 Å². The van der Waals surface area contributed by atoms with Gasteiger partial charge in [-0.05, 0) is 26.8 Å². The zero-order valence-electron chi connectivity index (χ0n) is 13.2. The van der Waals surface area contributed by atoms with Crippen molar-refractivity contribution < 1.29 is 4.79 Å². The van der Waals surface area contributed by atoms with Crippen molar-refractivity contribution in [2.24, 2.45) is 0 Å². The third kappa shape index (κ3) is 5.49. The molecule has 0 unspecified atom stereocenters. The van der Waals surface area contributed by atoms with Crippen molar-refractivity contribution in [3.05, 3.63) is 0 Å². The summed E-state index contributed by atoms with van der Waals surface area (Å²) in [5.74, 6) is 0.196. The van der Waals surface area contributed by atoms with E-state index in [1.165, 1.54) is 0 Å². The summed E-state index contributed by atoms with van der Waals surface area (Å²) in [5.41, 5.74) is 0.0572. The smallest absolute Gasteiger partial charge is 0.220 e. The van der Waals surface area contributed by atoms with E-state index in [9.17, 15) is 4.79 Å². The van der Waals surface area contributed by atoms with Crippen LogP contribution in [0.1, 0.15) is 47.0 Å². The number of hydrogen-bond donors (Lipinski definition) is 1. The summed E-state index contributed by atoms with van der Waals surface area (Å²) in [7, 11) is 0. The van der Waals surface area contributed by atoms with E-state index in [2.05, 4.69) is 42.8 Å². The van der Waals surface area contributed by atoms with Crippen LogP contribution in [-0.4, -0.2) is 60.5 Å². The van der Waals surface area contributed by atoms with Crippen LogP contribution in [0.5, 0.6) is 0 Å². The number of carbonyl (C=O) groups is 1. The van der Waals surface area contributed by atoms with Gasteiger partial charge in [-0.15, -0.1) is 0 Å². The molecular formula is C15H31N3O. The van der Waals surface area contributed by atoms with Crippen LogP contribution < -0.4 is 5.32 Å². The molecule has 0 bridgehead atoms. The highest BCUT2D eigenvalue weighted by Gasteiger charge is 2.29. The van der Waals surface area contributed by atoms with Crippen LogP contribution in [0, 0.1) is 0 Å². The van der Waals surface area contributed by atoms with Gasteiger partial charge in [0.1, 0.15) is 0 Å². The zero-order valence-corrected chi connectivity index (χ0v) is 13.2. The normalized spacial score (nSPS) is 18.5. The molecule has 0 aromatic rings. The Bertz CT molecular complexity index is 271. The molecule has 0 aromatic heterocycles. The van der Waals surface area contributed by atoms with E-state index < -0.39 is 0 Å². The molecule has 0 spiro atoms. The van der Waals surface area contributed by atoms with E-state index in [0.29, 0.717) is 6.42 Å². The quantitative estimate of drug-likeness (QED) is 0.764. The fraction of sp³-hybridized carbons (Fsp3) is 0.933. The molecule has 1 N–H and O–H groups in total. The van der Waals surface area contributed by atoms with E-state index in [1.807, 2.05) is 0 Å². The van der Waals surface area contributed by atoms with Gasteiger partial charge in [0.25, 0.3) is 0 Å². The summed E-state index contributed by atoms with van der Waals surface area (Å²) in [4.78, 5) is 16.7. The second-order valence-corrected chi connectivity index (χ2v) is 6.11. The lowest BCUT2D eigenvalue weighted by Crippen LogP contribution is -2.58. The molecule has 1 saturated heterocycles. The van der Waals surface area contributed by atoms with E-state index in [1.54, 1.807) is 0 Å². The fourth-order valence-electron chi connectivity index (χ4n) is 2.52. The zero-order chi connectivity index (χ0) is 14.3. The molecule has 0 aromatic carbocycles. The number of nitrogens with one attached hydrogen (secondary N) is 1. The van der Waals surface area contributed by atoms with Gasteiger partial charge in [-0.3, -0.25) is 9.69 Å². The van der Waals surface area contributed by atoms with Crippen molar-refractivity contribution in [3.63, 3.8) is 0 Å². The van der Waals surface area contributed by atoms with Crippen molar-refractivity contribution in [2.75, 3.05) is 39.3 Å². The lowest BCUT2D eigenvalue weighted by molar-refractivity contribution is -0.121. The molecule has 1 heterocycles. The SMILES string of the molecule is CCCCC(=O)NCC(C)(C)N1CCN(CC)CC1. The van der Waals surface area contributed by atoms with Crippen LogP contribution in [0.3, 0.4) is 0 Å². The molecule has 1 aliphatic heterocycles. The lowest BCUT2D eigenvalue weighted by Gasteiger charge is -2.44.